The van der Waals surface area contributed by atoms with Crippen molar-refractivity contribution in [2.75, 3.05) is 13.2 Å². The van der Waals surface area contributed by atoms with Gasteiger partial charge in [0.1, 0.15) is 24.4 Å². The molecule has 9 nitrogen and oxygen atoms in total. The first-order chi connectivity index (χ1) is 36.8. The average Bonchev–Trinajstić information content (AvgIpc) is 3.41. The number of unbranched alkanes of at least 4 members (excludes halogenated alkanes) is 25. The maximum Gasteiger partial charge on any atom is 0.220 e. The summed E-state index contributed by atoms with van der Waals surface area (Å²) in [4.78, 5) is 13.1. The van der Waals surface area contributed by atoms with Crippen LogP contribution >= 0.6 is 0 Å². The zero-order valence-corrected chi connectivity index (χ0v) is 47.8. The van der Waals surface area contributed by atoms with Crippen molar-refractivity contribution < 1.29 is 39.8 Å². The van der Waals surface area contributed by atoms with Gasteiger partial charge in [-0.15, -0.1) is 0 Å². The highest BCUT2D eigenvalue weighted by molar-refractivity contribution is 5.76. The number of nitrogens with one attached hydrogen (secondary N) is 1. The summed E-state index contributed by atoms with van der Waals surface area (Å²) in [5.74, 6) is -0.191. The maximum atomic E-state index is 13.1. The molecule has 6 N–H and O–H groups in total. The number of carbonyl (C=O) groups excluding carboxylic acids is 1. The Hall–Kier alpha value is -3.15. The molecule has 1 aliphatic heterocycles. The van der Waals surface area contributed by atoms with E-state index in [1.54, 1.807) is 6.08 Å². The van der Waals surface area contributed by atoms with Crippen LogP contribution in [0.5, 0.6) is 0 Å². The number of carbonyl (C=O) groups is 1. The van der Waals surface area contributed by atoms with Crippen LogP contribution in [0, 0.1) is 0 Å². The first kappa shape index (κ1) is 69.9. The molecule has 0 radical (unpaired) electrons. The van der Waals surface area contributed by atoms with Crippen molar-refractivity contribution in [3.05, 3.63) is 109 Å². The summed E-state index contributed by atoms with van der Waals surface area (Å²) >= 11 is 0. The quantitative estimate of drug-likeness (QED) is 0.0261. The lowest BCUT2D eigenvalue weighted by Crippen LogP contribution is -2.60. The van der Waals surface area contributed by atoms with E-state index in [-0.39, 0.29) is 12.5 Å². The van der Waals surface area contributed by atoms with Gasteiger partial charge in [-0.1, -0.05) is 258 Å². The van der Waals surface area contributed by atoms with Gasteiger partial charge in [0.25, 0.3) is 0 Å². The predicted molar refractivity (Wildman–Crippen MR) is 317 cm³/mol. The van der Waals surface area contributed by atoms with E-state index in [0.717, 1.165) is 83.5 Å². The molecule has 0 aromatic carbocycles. The van der Waals surface area contributed by atoms with Crippen molar-refractivity contribution in [2.24, 2.45) is 0 Å². The second-order valence-electron chi connectivity index (χ2n) is 20.8. The number of amides is 1. The molecule has 1 aliphatic rings. The molecule has 430 valence electrons. The predicted octanol–water partition coefficient (Wildman–Crippen LogP) is 15.7. The third kappa shape index (κ3) is 43.5. The van der Waals surface area contributed by atoms with E-state index in [2.05, 4.69) is 116 Å². The third-order valence-electron chi connectivity index (χ3n) is 13.8. The summed E-state index contributed by atoms with van der Waals surface area (Å²) in [7, 11) is 0. The minimum absolute atomic E-state index is 0.191. The zero-order valence-electron chi connectivity index (χ0n) is 47.8. The van der Waals surface area contributed by atoms with Crippen LogP contribution in [0.2, 0.25) is 0 Å². The Morgan fingerprint density at radius 2 is 0.840 bits per heavy atom. The highest BCUT2D eigenvalue weighted by Gasteiger charge is 2.44. The minimum Gasteiger partial charge on any atom is -0.394 e. The first-order valence-corrected chi connectivity index (χ1v) is 30.6. The van der Waals surface area contributed by atoms with Gasteiger partial charge >= 0.3 is 0 Å². The van der Waals surface area contributed by atoms with Gasteiger partial charge in [0, 0.05) is 6.42 Å². The van der Waals surface area contributed by atoms with Crippen LogP contribution in [0.4, 0.5) is 0 Å². The van der Waals surface area contributed by atoms with E-state index in [1.165, 1.54) is 141 Å². The molecule has 9 heteroatoms. The van der Waals surface area contributed by atoms with Crippen LogP contribution in [0.3, 0.4) is 0 Å². The van der Waals surface area contributed by atoms with Gasteiger partial charge in [-0.2, -0.15) is 0 Å². The molecule has 0 bridgehead atoms. The largest absolute Gasteiger partial charge is 0.394 e. The van der Waals surface area contributed by atoms with Gasteiger partial charge in [0.05, 0.1) is 25.4 Å². The fraction of sp³-hybridized carbons (Fsp3) is 0.712. The van der Waals surface area contributed by atoms with Gasteiger partial charge < -0.3 is 40.3 Å². The van der Waals surface area contributed by atoms with Crippen LogP contribution in [-0.4, -0.2) is 87.5 Å². The molecule has 7 atom stereocenters. The summed E-state index contributed by atoms with van der Waals surface area (Å²) in [6.07, 6.45) is 73.0. The average molecular weight is 1050 g/mol. The second kappa shape index (κ2) is 54.2. The summed E-state index contributed by atoms with van der Waals surface area (Å²) in [6, 6.07) is -0.829. The fourth-order valence-corrected chi connectivity index (χ4v) is 9.04. The molecule has 1 amide bonds. The molecule has 1 saturated heterocycles. The van der Waals surface area contributed by atoms with E-state index in [9.17, 15) is 30.3 Å². The van der Waals surface area contributed by atoms with Crippen molar-refractivity contribution in [3.63, 3.8) is 0 Å². The molecule has 0 aliphatic carbocycles. The summed E-state index contributed by atoms with van der Waals surface area (Å²) in [5.41, 5.74) is 0. The minimum atomic E-state index is -1.58. The number of hydrogen-bond donors (Lipinski definition) is 6. The molecule has 0 aromatic heterocycles. The van der Waals surface area contributed by atoms with Gasteiger partial charge in [0.15, 0.2) is 6.29 Å². The van der Waals surface area contributed by atoms with Crippen molar-refractivity contribution in [1.29, 1.82) is 0 Å². The van der Waals surface area contributed by atoms with E-state index in [4.69, 9.17) is 9.47 Å². The molecule has 75 heavy (non-hydrogen) atoms. The number of ether oxygens (including phenoxy) is 2. The van der Waals surface area contributed by atoms with Gasteiger partial charge in [-0.05, 0) is 89.9 Å². The monoisotopic (exact) mass is 1050 g/mol. The lowest BCUT2D eigenvalue weighted by molar-refractivity contribution is -0.302. The Labute approximate surface area is 459 Å². The Balaban J connectivity index is 2.17. The lowest BCUT2D eigenvalue weighted by atomic mass is 9.99. The Bertz CT molecular complexity index is 1540. The Morgan fingerprint density at radius 3 is 1.28 bits per heavy atom. The first-order valence-electron chi connectivity index (χ1n) is 30.6. The van der Waals surface area contributed by atoms with Gasteiger partial charge in [0.2, 0.25) is 5.91 Å². The van der Waals surface area contributed by atoms with Crippen molar-refractivity contribution in [3.8, 4) is 0 Å². The molecule has 1 fully saturated rings. The highest BCUT2D eigenvalue weighted by Crippen LogP contribution is 2.23. The molecule has 1 rings (SSSR count). The van der Waals surface area contributed by atoms with Gasteiger partial charge in [-0.25, -0.2) is 0 Å². The van der Waals surface area contributed by atoms with Crippen molar-refractivity contribution >= 4 is 5.91 Å². The number of hydrogen-bond acceptors (Lipinski definition) is 8. The smallest absolute Gasteiger partial charge is 0.220 e. The molecular weight excluding hydrogens is 935 g/mol. The summed E-state index contributed by atoms with van der Waals surface area (Å²) in [5, 5.41) is 54.5. The Kier molecular flexibility index (Phi) is 50.5. The summed E-state index contributed by atoms with van der Waals surface area (Å²) < 4.78 is 11.3. The van der Waals surface area contributed by atoms with E-state index < -0.39 is 49.5 Å². The highest BCUT2D eigenvalue weighted by atomic mass is 16.7. The maximum absolute atomic E-state index is 13.1. The molecular formula is C66H113NO8. The summed E-state index contributed by atoms with van der Waals surface area (Å²) in [6.45, 7) is 3.65. The number of aliphatic hydroxyl groups excluding tert-OH is 5. The topological polar surface area (TPSA) is 149 Å². The van der Waals surface area contributed by atoms with Crippen LogP contribution in [0.25, 0.3) is 0 Å². The number of aliphatic hydroxyl groups is 5. The molecule has 0 saturated carbocycles. The van der Waals surface area contributed by atoms with E-state index in [1.807, 2.05) is 6.08 Å². The van der Waals surface area contributed by atoms with Crippen LogP contribution in [0.1, 0.15) is 245 Å². The van der Waals surface area contributed by atoms with Crippen LogP contribution in [-0.2, 0) is 14.3 Å². The molecule has 0 aromatic rings. The van der Waals surface area contributed by atoms with Crippen LogP contribution < -0.4 is 5.32 Å². The standard InChI is InChI=1S/C66H113NO8/c1-3-5-7-9-11-13-15-17-19-21-22-23-24-25-26-27-28-29-30-31-32-33-34-35-36-37-38-40-42-44-46-48-50-52-54-56-62(70)67-59(58-74-66-65(73)64(72)63(71)61(57-68)75-66)60(69)55-53-51-49-47-45-43-41-39-20-18-16-14-12-10-8-6-4-2/h5,7,11,13,17,19,22-23,25-26,28-29,31-32,45,47,53,55,59-61,63-66,68-69,71-73H,3-4,6,8-10,12,14-16,18,20-21,24,27,30,33-44,46,48-52,54,56-58H2,1-2H3,(H,67,70)/b7-5-,13-11-,19-17-,23-22-,26-25-,29-28-,32-31-,47-45+,55-53+. The second-order valence-corrected chi connectivity index (χ2v) is 20.8. The van der Waals surface area contributed by atoms with E-state index in [0.29, 0.717) is 6.42 Å². The Morgan fingerprint density at radius 1 is 0.467 bits per heavy atom. The van der Waals surface area contributed by atoms with E-state index >= 15 is 0 Å². The molecule has 0 spiro atoms. The van der Waals surface area contributed by atoms with Gasteiger partial charge in [-0.3, -0.25) is 4.79 Å². The number of allylic oxidation sites excluding steroid dienone is 17. The number of rotatable bonds is 51. The van der Waals surface area contributed by atoms with Crippen LogP contribution in [0.15, 0.2) is 109 Å². The zero-order chi connectivity index (χ0) is 54.3. The molecule has 1 heterocycles. The SMILES string of the molecule is CC/C=C\C/C=C\C/C=C\C/C=C\C/C=C\C/C=C\C/C=C\CCCCCCCCCCCCCCCC(=O)NC(COC1OC(CO)C(O)C(O)C1O)C(O)/C=C/CC/C=C/CCCCCCCCCCCCC. The lowest BCUT2D eigenvalue weighted by Gasteiger charge is -2.40. The molecule has 7 unspecified atom stereocenters. The van der Waals surface area contributed by atoms with Crippen molar-refractivity contribution in [2.45, 2.75) is 288 Å². The third-order valence-corrected chi connectivity index (χ3v) is 13.8. The fourth-order valence-electron chi connectivity index (χ4n) is 9.04. The van der Waals surface area contributed by atoms with Crippen molar-refractivity contribution in [1.82, 2.24) is 5.32 Å². The normalized spacial score (nSPS) is 19.7.